The van der Waals surface area contributed by atoms with Gasteiger partial charge in [-0.1, -0.05) is 32.0 Å². The molecular formula is C23H23NO3. The summed E-state index contributed by atoms with van der Waals surface area (Å²) < 4.78 is 14.2. The largest absolute Gasteiger partial charge is 0.423 e. The van der Waals surface area contributed by atoms with Gasteiger partial charge in [-0.25, -0.2) is 4.79 Å². The Balaban J connectivity index is 1.85. The number of para-hydroxylation sites is 1. The highest BCUT2D eigenvalue weighted by Gasteiger charge is 2.33. The number of ether oxygens (including phenoxy) is 1. The topological polar surface area (TPSA) is 44.4 Å². The zero-order valence-electron chi connectivity index (χ0n) is 15.9. The van der Waals surface area contributed by atoms with E-state index in [9.17, 15) is 4.79 Å². The summed E-state index contributed by atoms with van der Waals surface area (Å²) in [6.07, 6.45) is 2.29. The molecule has 0 bridgehead atoms. The monoisotopic (exact) mass is 361 g/mol. The van der Waals surface area contributed by atoms with Crippen molar-refractivity contribution in [1.29, 1.82) is 0 Å². The average molecular weight is 361 g/mol. The maximum Gasteiger partial charge on any atom is 0.336 e. The number of hydrogen-bond acceptors (Lipinski definition) is 3. The highest BCUT2D eigenvalue weighted by atomic mass is 16.5. The van der Waals surface area contributed by atoms with Crippen molar-refractivity contribution in [3.8, 4) is 0 Å². The van der Waals surface area contributed by atoms with Crippen molar-refractivity contribution in [2.45, 2.75) is 45.9 Å². The minimum Gasteiger partial charge on any atom is -0.423 e. The second-order valence-corrected chi connectivity index (χ2v) is 7.75. The van der Waals surface area contributed by atoms with Crippen LogP contribution in [0.1, 0.15) is 38.5 Å². The van der Waals surface area contributed by atoms with E-state index in [1.54, 1.807) is 6.07 Å². The summed E-state index contributed by atoms with van der Waals surface area (Å²) in [7, 11) is 0. The van der Waals surface area contributed by atoms with Gasteiger partial charge in [0, 0.05) is 28.3 Å². The normalized spacial score (nSPS) is 23.0. The number of hydrogen-bond donors (Lipinski definition) is 0. The summed E-state index contributed by atoms with van der Waals surface area (Å²) in [4.78, 5) is 11.9. The molecule has 138 valence electrons. The van der Waals surface area contributed by atoms with Gasteiger partial charge in [-0.2, -0.15) is 0 Å². The lowest BCUT2D eigenvalue weighted by Gasteiger charge is -2.17. The van der Waals surface area contributed by atoms with Crippen LogP contribution in [0, 0.1) is 12.8 Å². The van der Waals surface area contributed by atoms with E-state index >= 15 is 0 Å². The van der Waals surface area contributed by atoms with E-state index in [0.29, 0.717) is 11.5 Å². The summed E-state index contributed by atoms with van der Waals surface area (Å²) in [6.45, 7) is 6.40. The molecule has 2 aromatic carbocycles. The zero-order chi connectivity index (χ0) is 18.7. The maximum absolute atomic E-state index is 11.9. The fourth-order valence-corrected chi connectivity index (χ4v) is 4.65. The van der Waals surface area contributed by atoms with Crippen molar-refractivity contribution >= 4 is 32.8 Å². The highest BCUT2D eigenvalue weighted by molar-refractivity contribution is 6.12. The van der Waals surface area contributed by atoms with Crippen LogP contribution in [0.3, 0.4) is 0 Å². The molecule has 0 saturated carbocycles. The Morgan fingerprint density at radius 1 is 1.07 bits per heavy atom. The molecule has 1 aliphatic rings. The van der Waals surface area contributed by atoms with Gasteiger partial charge in [0.15, 0.2) is 0 Å². The van der Waals surface area contributed by atoms with Crippen LogP contribution >= 0.6 is 0 Å². The van der Waals surface area contributed by atoms with Crippen LogP contribution in [0.5, 0.6) is 0 Å². The van der Waals surface area contributed by atoms with Crippen molar-refractivity contribution in [2.24, 2.45) is 5.92 Å². The van der Waals surface area contributed by atoms with E-state index in [-0.39, 0.29) is 18.0 Å². The van der Waals surface area contributed by atoms with Crippen molar-refractivity contribution in [2.75, 3.05) is 0 Å². The van der Waals surface area contributed by atoms with Gasteiger partial charge in [-0.15, -0.1) is 0 Å². The van der Waals surface area contributed by atoms with Gasteiger partial charge in [-0.05, 0) is 43.4 Å². The average Bonchev–Trinajstić information content (AvgIpc) is 3.17. The summed E-state index contributed by atoms with van der Waals surface area (Å²) in [5.74, 6) is 0.525. The van der Waals surface area contributed by atoms with E-state index in [4.69, 9.17) is 9.15 Å². The Kier molecular flexibility index (Phi) is 3.66. The van der Waals surface area contributed by atoms with Gasteiger partial charge in [0.2, 0.25) is 0 Å². The van der Waals surface area contributed by atoms with E-state index < -0.39 is 0 Å². The predicted molar refractivity (Wildman–Crippen MR) is 108 cm³/mol. The predicted octanol–water partition coefficient (Wildman–Crippen LogP) is 5.54. The first-order valence-electron chi connectivity index (χ1n) is 9.69. The van der Waals surface area contributed by atoms with Crippen LogP contribution in [0.25, 0.3) is 32.8 Å². The van der Waals surface area contributed by atoms with E-state index in [1.807, 2.05) is 13.0 Å². The van der Waals surface area contributed by atoms with Crippen LogP contribution in [-0.4, -0.2) is 10.7 Å². The molecule has 1 fully saturated rings. The summed E-state index contributed by atoms with van der Waals surface area (Å²) >= 11 is 0. The van der Waals surface area contributed by atoms with E-state index in [2.05, 4.69) is 48.7 Å². The Morgan fingerprint density at radius 3 is 2.67 bits per heavy atom. The van der Waals surface area contributed by atoms with Gasteiger partial charge in [-0.3, -0.25) is 0 Å². The van der Waals surface area contributed by atoms with Crippen molar-refractivity contribution in [3.05, 3.63) is 58.4 Å². The molecule has 3 atom stereocenters. The molecule has 1 unspecified atom stereocenters. The summed E-state index contributed by atoms with van der Waals surface area (Å²) in [5, 5.41) is 3.36. The molecule has 0 radical (unpaired) electrons. The van der Waals surface area contributed by atoms with Gasteiger partial charge >= 0.3 is 5.63 Å². The molecule has 2 aromatic heterocycles. The molecule has 0 N–H and O–H groups in total. The van der Waals surface area contributed by atoms with Crippen LogP contribution in [0.2, 0.25) is 0 Å². The molecule has 27 heavy (non-hydrogen) atoms. The Morgan fingerprint density at radius 2 is 1.89 bits per heavy atom. The molecule has 1 aliphatic heterocycles. The number of aromatic nitrogens is 1. The van der Waals surface area contributed by atoms with Crippen molar-refractivity contribution in [3.63, 3.8) is 0 Å². The number of nitrogens with zero attached hydrogens (tertiary/aromatic N) is 1. The van der Waals surface area contributed by atoms with Crippen LogP contribution in [0.4, 0.5) is 0 Å². The smallest absolute Gasteiger partial charge is 0.336 e. The molecule has 3 heterocycles. The molecule has 0 spiro atoms. The quantitative estimate of drug-likeness (QED) is 0.440. The second kappa shape index (κ2) is 5.96. The molecule has 4 aromatic rings. The van der Waals surface area contributed by atoms with Gasteiger partial charge in [0.25, 0.3) is 0 Å². The molecule has 0 amide bonds. The second-order valence-electron chi connectivity index (χ2n) is 7.75. The van der Waals surface area contributed by atoms with E-state index in [0.717, 1.165) is 34.8 Å². The molecule has 4 heteroatoms. The van der Waals surface area contributed by atoms with Gasteiger partial charge in [0.1, 0.15) is 11.8 Å². The fraction of sp³-hybridized carbons (Fsp3) is 0.348. The Labute approximate surface area is 157 Å². The van der Waals surface area contributed by atoms with Crippen LogP contribution in [-0.2, 0) is 4.74 Å². The number of rotatable bonds is 2. The minimum absolute atomic E-state index is 0.00123. The Hall–Kier alpha value is -2.59. The first-order chi connectivity index (χ1) is 13.1. The third-order valence-electron chi connectivity index (χ3n) is 6.01. The first kappa shape index (κ1) is 16.6. The lowest BCUT2D eigenvalue weighted by Crippen LogP contribution is -2.12. The zero-order valence-corrected chi connectivity index (χ0v) is 15.9. The van der Waals surface area contributed by atoms with Crippen molar-refractivity contribution in [1.82, 2.24) is 4.57 Å². The standard InChI is InChI=1S/C23H23NO3/c1-4-20-14(3)9-22(26-20)24-18-8-6-5-7-15(18)17-11-16-13(2)10-23(25)27-21(16)12-19(17)24/h5-8,10-12,14,20,22H,4,9H2,1-3H3/t14?,20-,22-/m1/s1. The third-order valence-corrected chi connectivity index (χ3v) is 6.01. The maximum atomic E-state index is 11.9. The number of aryl methyl sites for hydroxylation is 1. The Bertz CT molecular complexity index is 1230. The first-order valence-corrected chi connectivity index (χ1v) is 9.69. The summed E-state index contributed by atoms with van der Waals surface area (Å²) in [6, 6.07) is 14.2. The lowest BCUT2D eigenvalue weighted by molar-refractivity contribution is -0.000304. The SMILES string of the molecule is CC[C@H]1O[C@@H](n2c3ccccc3c3cc4c(C)cc(=O)oc4cc32)CC1C. The summed E-state index contributed by atoms with van der Waals surface area (Å²) in [5.41, 5.74) is 3.49. The van der Waals surface area contributed by atoms with Gasteiger partial charge in [0.05, 0.1) is 17.1 Å². The minimum atomic E-state index is -0.307. The number of benzene rings is 2. The van der Waals surface area contributed by atoms with Crippen molar-refractivity contribution < 1.29 is 9.15 Å². The fourth-order valence-electron chi connectivity index (χ4n) is 4.65. The molecule has 0 aliphatic carbocycles. The third kappa shape index (κ3) is 2.43. The van der Waals surface area contributed by atoms with E-state index in [1.165, 1.54) is 10.8 Å². The highest BCUT2D eigenvalue weighted by Crippen LogP contribution is 2.41. The van der Waals surface area contributed by atoms with Crippen LogP contribution in [0.15, 0.2) is 51.7 Å². The van der Waals surface area contributed by atoms with Gasteiger partial charge < -0.3 is 13.7 Å². The number of fused-ring (bicyclic) bond motifs is 4. The van der Waals surface area contributed by atoms with Crippen LogP contribution < -0.4 is 5.63 Å². The molecule has 4 nitrogen and oxygen atoms in total. The molecule has 5 rings (SSSR count). The molecular weight excluding hydrogens is 338 g/mol. The lowest BCUT2D eigenvalue weighted by atomic mass is 10.0. The molecule has 1 saturated heterocycles.